The number of likely N-dealkylation sites (tertiary alicyclic amines) is 1. The molecule has 1 aromatic carbocycles. The normalized spacial score (nSPS) is 20.8. The second-order valence-corrected chi connectivity index (χ2v) is 6.44. The Hall–Kier alpha value is -1.88. The third kappa shape index (κ3) is 5.67. The maximum atomic E-state index is 12.0. The zero-order valence-corrected chi connectivity index (χ0v) is 14.2. The zero-order chi connectivity index (χ0) is 16.7. The first-order chi connectivity index (χ1) is 11.1. The van der Waals surface area contributed by atoms with E-state index in [1.54, 1.807) is 0 Å². The molecule has 0 unspecified atom stereocenters. The number of piperidine rings is 1. The van der Waals surface area contributed by atoms with Crippen molar-refractivity contribution < 1.29 is 14.5 Å². The summed E-state index contributed by atoms with van der Waals surface area (Å²) in [6.45, 7) is 6.89. The van der Waals surface area contributed by atoms with E-state index >= 15 is 0 Å². The third-order valence-corrected chi connectivity index (χ3v) is 4.51. The molecule has 1 heterocycles. The first kappa shape index (κ1) is 17.5. The minimum Gasteiger partial charge on any atom is -0.342 e. The number of hydrogen-bond acceptors (Lipinski definition) is 2. The van der Waals surface area contributed by atoms with Crippen LogP contribution in [0.1, 0.15) is 32.3 Å². The minimum atomic E-state index is -0.179. The van der Waals surface area contributed by atoms with Gasteiger partial charge in [-0.3, -0.25) is 9.59 Å². The predicted octanol–water partition coefficient (Wildman–Crippen LogP) is 0.619. The second kappa shape index (κ2) is 8.67. The lowest BCUT2D eigenvalue weighted by molar-refractivity contribution is -0.898. The Labute approximate surface area is 138 Å². The molecule has 2 amide bonds. The van der Waals surface area contributed by atoms with Gasteiger partial charge in [0.15, 0.2) is 6.54 Å². The topological polar surface area (TPSA) is 62.6 Å². The summed E-state index contributed by atoms with van der Waals surface area (Å²) < 4.78 is 0. The molecule has 1 aliphatic rings. The van der Waals surface area contributed by atoms with E-state index in [4.69, 9.17) is 0 Å². The molecule has 126 valence electrons. The molecule has 1 aliphatic heterocycles. The van der Waals surface area contributed by atoms with E-state index in [2.05, 4.69) is 24.5 Å². The van der Waals surface area contributed by atoms with Crippen LogP contribution < -0.4 is 15.5 Å². The Morgan fingerprint density at radius 2 is 1.87 bits per heavy atom. The molecule has 2 rings (SSSR count). The molecular formula is C18H28N3O2+. The van der Waals surface area contributed by atoms with Crippen molar-refractivity contribution in [3.63, 3.8) is 0 Å². The highest BCUT2D eigenvalue weighted by atomic mass is 16.2. The Morgan fingerprint density at radius 3 is 2.57 bits per heavy atom. The van der Waals surface area contributed by atoms with Crippen LogP contribution in [0.15, 0.2) is 24.3 Å². The minimum absolute atomic E-state index is 0.0283. The van der Waals surface area contributed by atoms with Crippen molar-refractivity contribution in [1.29, 1.82) is 0 Å². The van der Waals surface area contributed by atoms with Crippen molar-refractivity contribution in [3.8, 4) is 0 Å². The molecule has 1 saturated heterocycles. The van der Waals surface area contributed by atoms with Crippen molar-refractivity contribution in [2.24, 2.45) is 5.92 Å². The number of amides is 2. The molecule has 5 nitrogen and oxygen atoms in total. The Bertz CT molecular complexity index is 537. The van der Waals surface area contributed by atoms with Gasteiger partial charge in [-0.1, -0.05) is 32.0 Å². The summed E-state index contributed by atoms with van der Waals surface area (Å²) in [6.07, 6.45) is 3.22. The van der Waals surface area contributed by atoms with Gasteiger partial charge in [-0.2, -0.15) is 0 Å². The molecule has 3 N–H and O–H groups in total. The number of nitrogens with one attached hydrogen (secondary N) is 3. The van der Waals surface area contributed by atoms with Gasteiger partial charge < -0.3 is 15.5 Å². The smallest absolute Gasteiger partial charge is 0.275 e. The van der Waals surface area contributed by atoms with Crippen LogP contribution in [-0.4, -0.2) is 38.0 Å². The first-order valence-electron chi connectivity index (χ1n) is 8.56. The van der Waals surface area contributed by atoms with Gasteiger partial charge in [-0.05, 0) is 36.8 Å². The van der Waals surface area contributed by atoms with E-state index in [1.165, 1.54) is 17.7 Å². The van der Waals surface area contributed by atoms with Crippen LogP contribution in [0.2, 0.25) is 0 Å². The van der Waals surface area contributed by atoms with Gasteiger partial charge >= 0.3 is 0 Å². The number of quaternary nitrogens is 1. The lowest BCUT2D eigenvalue weighted by Gasteiger charge is -2.26. The third-order valence-electron chi connectivity index (χ3n) is 4.51. The average Bonchev–Trinajstić information content (AvgIpc) is 2.55. The van der Waals surface area contributed by atoms with E-state index < -0.39 is 0 Å². The highest BCUT2D eigenvalue weighted by Gasteiger charge is 2.21. The van der Waals surface area contributed by atoms with Gasteiger partial charge in [0, 0.05) is 5.69 Å². The summed E-state index contributed by atoms with van der Waals surface area (Å²) in [4.78, 5) is 25.3. The van der Waals surface area contributed by atoms with Crippen molar-refractivity contribution in [2.75, 3.05) is 31.5 Å². The highest BCUT2D eigenvalue weighted by Crippen LogP contribution is 2.14. The molecule has 23 heavy (non-hydrogen) atoms. The van der Waals surface area contributed by atoms with Crippen molar-refractivity contribution >= 4 is 17.5 Å². The maximum absolute atomic E-state index is 12.0. The zero-order valence-electron chi connectivity index (χ0n) is 14.2. The van der Waals surface area contributed by atoms with Crippen LogP contribution in [0.3, 0.4) is 0 Å². The van der Waals surface area contributed by atoms with Crippen LogP contribution in [0, 0.1) is 5.92 Å². The Kier molecular flexibility index (Phi) is 6.59. The fourth-order valence-corrected chi connectivity index (χ4v) is 2.96. The molecule has 1 aromatic rings. The van der Waals surface area contributed by atoms with Gasteiger partial charge in [0.05, 0.1) is 19.6 Å². The number of rotatable bonds is 6. The molecule has 0 aliphatic carbocycles. The van der Waals surface area contributed by atoms with Gasteiger partial charge in [0.2, 0.25) is 5.91 Å². The molecule has 5 heteroatoms. The number of hydrogen-bond donors (Lipinski definition) is 3. The summed E-state index contributed by atoms with van der Waals surface area (Å²) in [5.41, 5.74) is 1.92. The summed E-state index contributed by atoms with van der Waals surface area (Å²) in [5.74, 6) is 0.543. The van der Waals surface area contributed by atoms with Gasteiger partial charge in [0.25, 0.3) is 5.91 Å². The molecule has 0 bridgehead atoms. The number of carbonyl (C=O) groups is 2. The molecule has 0 spiro atoms. The fraction of sp³-hybridized carbons (Fsp3) is 0.556. The van der Waals surface area contributed by atoms with Crippen LogP contribution >= 0.6 is 0 Å². The summed E-state index contributed by atoms with van der Waals surface area (Å²) in [6, 6.07) is 7.74. The van der Waals surface area contributed by atoms with Gasteiger partial charge in [-0.25, -0.2) is 0 Å². The maximum Gasteiger partial charge on any atom is 0.275 e. The molecule has 0 aromatic heterocycles. The number of benzene rings is 1. The Balaban J connectivity index is 1.72. The average molecular weight is 318 g/mol. The summed E-state index contributed by atoms with van der Waals surface area (Å²) in [5, 5.41) is 5.59. The van der Waals surface area contributed by atoms with E-state index in [0.29, 0.717) is 6.54 Å². The van der Waals surface area contributed by atoms with Crippen LogP contribution in [-0.2, 0) is 16.0 Å². The fourth-order valence-electron chi connectivity index (χ4n) is 2.96. The lowest BCUT2D eigenvalue weighted by atomic mass is 9.99. The van der Waals surface area contributed by atoms with Crippen LogP contribution in [0.25, 0.3) is 0 Å². The van der Waals surface area contributed by atoms with E-state index in [-0.39, 0.29) is 18.4 Å². The monoisotopic (exact) mass is 318 g/mol. The standard InChI is InChI=1S/C18H27N3O2/c1-3-15-6-4-5-7-16(15)20-17(22)12-19-18(23)13-21-10-8-14(2)9-11-21/h4-7,14H,3,8-13H2,1-2H3,(H,19,23)(H,20,22)/p+1. The summed E-state index contributed by atoms with van der Waals surface area (Å²) >= 11 is 0. The highest BCUT2D eigenvalue weighted by molar-refractivity contribution is 5.95. The van der Waals surface area contributed by atoms with Crippen molar-refractivity contribution in [3.05, 3.63) is 29.8 Å². The van der Waals surface area contributed by atoms with E-state index in [9.17, 15) is 9.59 Å². The van der Waals surface area contributed by atoms with Crippen LogP contribution in [0.4, 0.5) is 5.69 Å². The van der Waals surface area contributed by atoms with E-state index in [1.807, 2.05) is 24.3 Å². The molecular weight excluding hydrogens is 290 g/mol. The SMILES string of the molecule is CCc1ccccc1NC(=O)CNC(=O)C[NH+]1CCC(C)CC1. The van der Waals surface area contributed by atoms with E-state index in [0.717, 1.165) is 36.7 Å². The Morgan fingerprint density at radius 1 is 1.17 bits per heavy atom. The lowest BCUT2D eigenvalue weighted by Crippen LogP contribution is -3.14. The van der Waals surface area contributed by atoms with Gasteiger partial charge in [-0.15, -0.1) is 0 Å². The molecule has 0 saturated carbocycles. The second-order valence-electron chi connectivity index (χ2n) is 6.44. The van der Waals surface area contributed by atoms with Crippen LogP contribution in [0.5, 0.6) is 0 Å². The largest absolute Gasteiger partial charge is 0.342 e. The number of carbonyl (C=O) groups excluding carboxylic acids is 2. The quantitative estimate of drug-likeness (QED) is 0.720. The number of para-hydroxylation sites is 1. The summed E-state index contributed by atoms with van der Waals surface area (Å²) in [7, 11) is 0. The van der Waals surface area contributed by atoms with Gasteiger partial charge in [0.1, 0.15) is 0 Å². The van der Waals surface area contributed by atoms with Crippen molar-refractivity contribution in [1.82, 2.24) is 5.32 Å². The molecule has 0 atom stereocenters. The number of anilines is 1. The molecule has 1 fully saturated rings. The predicted molar refractivity (Wildman–Crippen MR) is 91.4 cm³/mol. The first-order valence-corrected chi connectivity index (χ1v) is 8.56. The van der Waals surface area contributed by atoms with Crippen molar-refractivity contribution in [2.45, 2.75) is 33.1 Å². The molecule has 0 radical (unpaired) electrons. The number of aryl methyl sites for hydroxylation is 1.